The zero-order valence-electron chi connectivity index (χ0n) is 9.27. The smallest absolute Gasteiger partial charge is 0.223 e. The van der Waals surface area contributed by atoms with E-state index in [1.807, 2.05) is 0 Å². The fourth-order valence-electron chi connectivity index (χ4n) is 1.22. The van der Waals surface area contributed by atoms with E-state index >= 15 is 0 Å². The summed E-state index contributed by atoms with van der Waals surface area (Å²) in [5.74, 6) is -0.319. The Morgan fingerprint density at radius 3 is 2.35 bits per heavy atom. The number of rotatable bonds is 4. The quantitative estimate of drug-likeness (QED) is 0.275. The van der Waals surface area contributed by atoms with Gasteiger partial charge < -0.3 is 0 Å². The zero-order chi connectivity index (χ0) is 12.8. The van der Waals surface area contributed by atoms with Crippen LogP contribution in [0.1, 0.15) is 10.4 Å². The normalized spacial score (nSPS) is 11.1. The molecule has 0 amide bonds. The van der Waals surface area contributed by atoms with Crippen LogP contribution in [0.25, 0.3) is 0 Å². The molecule has 0 bridgehead atoms. The minimum atomic E-state index is -0.319. The zero-order valence-corrected chi connectivity index (χ0v) is 10.8. The fourth-order valence-corrected chi connectivity index (χ4v) is 1.73. The number of Topliss-reactive ketones (excluding diaryl/α,β-unsaturated/α-hetero) is 1. The van der Waals surface area contributed by atoms with Crippen molar-refractivity contribution < 1.29 is 9.59 Å². The topological polar surface area (TPSA) is 34.1 Å². The van der Waals surface area contributed by atoms with Crippen LogP contribution in [0.2, 0.25) is 5.02 Å². The molecule has 0 aliphatic rings. The van der Waals surface area contributed by atoms with Gasteiger partial charge in [0.05, 0.1) is 5.57 Å². The average molecular weight is 267 g/mol. The van der Waals surface area contributed by atoms with Crippen LogP contribution in [0.3, 0.4) is 0 Å². The Morgan fingerprint density at radius 2 is 1.88 bits per heavy atom. The first-order chi connectivity index (χ1) is 8.10. The summed E-state index contributed by atoms with van der Waals surface area (Å²) < 4.78 is 0. The standard InChI is InChI=1S/C13H11ClO2S/c1-3-4-11(13(16)17-2)12(15)9-5-7-10(14)8-6-9/h3-8H,1H2,2H3/b11-4+. The molecule has 0 aliphatic heterocycles. The number of hydrogen-bond acceptors (Lipinski definition) is 3. The lowest BCUT2D eigenvalue weighted by molar-refractivity contribution is -0.107. The Labute approximate surface area is 109 Å². The van der Waals surface area contributed by atoms with E-state index in [1.54, 1.807) is 30.5 Å². The Bertz CT molecular complexity index is 475. The van der Waals surface area contributed by atoms with Gasteiger partial charge >= 0.3 is 0 Å². The van der Waals surface area contributed by atoms with Crippen LogP contribution in [-0.4, -0.2) is 17.2 Å². The second-order valence-electron chi connectivity index (χ2n) is 3.14. The molecule has 88 valence electrons. The number of thioether (sulfide) groups is 1. The van der Waals surface area contributed by atoms with Gasteiger partial charge in [0.1, 0.15) is 0 Å². The largest absolute Gasteiger partial charge is 0.288 e. The summed E-state index contributed by atoms with van der Waals surface area (Å²) in [5.41, 5.74) is 0.555. The van der Waals surface area contributed by atoms with Gasteiger partial charge in [-0.3, -0.25) is 9.59 Å². The maximum atomic E-state index is 12.1. The molecule has 4 heteroatoms. The molecular weight excluding hydrogens is 256 g/mol. The highest BCUT2D eigenvalue weighted by molar-refractivity contribution is 8.13. The minimum absolute atomic E-state index is 0.120. The van der Waals surface area contributed by atoms with Crippen molar-refractivity contribution in [3.63, 3.8) is 0 Å². The Morgan fingerprint density at radius 1 is 1.29 bits per heavy atom. The molecule has 0 heterocycles. The Kier molecular flexibility index (Phi) is 5.19. The van der Waals surface area contributed by atoms with Crippen molar-refractivity contribution in [2.45, 2.75) is 0 Å². The molecule has 2 nitrogen and oxygen atoms in total. The molecule has 0 aliphatic carbocycles. The molecule has 0 fully saturated rings. The molecule has 1 aromatic rings. The van der Waals surface area contributed by atoms with Crippen LogP contribution in [-0.2, 0) is 4.79 Å². The average Bonchev–Trinajstić information content (AvgIpc) is 2.35. The van der Waals surface area contributed by atoms with Crippen molar-refractivity contribution in [2.75, 3.05) is 6.26 Å². The van der Waals surface area contributed by atoms with Crippen LogP contribution >= 0.6 is 23.4 Å². The summed E-state index contributed by atoms with van der Waals surface area (Å²) >= 11 is 6.73. The number of ketones is 1. The maximum absolute atomic E-state index is 12.1. The summed E-state index contributed by atoms with van der Waals surface area (Å²) in [5, 5.41) is 0.275. The second kappa shape index (κ2) is 6.42. The lowest BCUT2D eigenvalue weighted by atomic mass is 10.0. The van der Waals surface area contributed by atoms with E-state index in [0.717, 1.165) is 11.8 Å². The lowest BCUT2D eigenvalue weighted by Gasteiger charge is -2.03. The highest BCUT2D eigenvalue weighted by Crippen LogP contribution is 2.16. The lowest BCUT2D eigenvalue weighted by Crippen LogP contribution is -2.10. The number of carbonyl (C=O) groups is 2. The van der Waals surface area contributed by atoms with E-state index in [4.69, 9.17) is 11.6 Å². The van der Waals surface area contributed by atoms with Crippen LogP contribution in [0.5, 0.6) is 0 Å². The third-order valence-electron chi connectivity index (χ3n) is 2.04. The monoisotopic (exact) mass is 266 g/mol. The molecule has 1 rings (SSSR count). The second-order valence-corrected chi connectivity index (χ2v) is 4.36. The third-order valence-corrected chi connectivity index (χ3v) is 2.88. The molecule has 1 aromatic carbocycles. The van der Waals surface area contributed by atoms with E-state index in [-0.39, 0.29) is 16.5 Å². The number of carbonyl (C=O) groups excluding carboxylic acids is 2. The van der Waals surface area contributed by atoms with E-state index in [2.05, 4.69) is 6.58 Å². The predicted octanol–water partition coefficient (Wildman–Crippen LogP) is 3.52. The first-order valence-electron chi connectivity index (χ1n) is 4.81. The van der Waals surface area contributed by atoms with E-state index < -0.39 is 0 Å². The predicted molar refractivity (Wildman–Crippen MR) is 72.6 cm³/mol. The van der Waals surface area contributed by atoms with E-state index in [0.29, 0.717) is 10.6 Å². The fraction of sp³-hybridized carbons (Fsp3) is 0.0769. The first kappa shape index (κ1) is 13.7. The highest BCUT2D eigenvalue weighted by atomic mass is 35.5. The van der Waals surface area contributed by atoms with Crippen molar-refractivity contribution >= 4 is 34.3 Å². The molecular formula is C13H11ClO2S. The number of hydrogen-bond donors (Lipinski definition) is 0. The summed E-state index contributed by atoms with van der Waals surface area (Å²) in [4.78, 5) is 23.6. The minimum Gasteiger partial charge on any atom is -0.288 e. The van der Waals surface area contributed by atoms with Crippen LogP contribution < -0.4 is 0 Å². The highest BCUT2D eigenvalue weighted by Gasteiger charge is 2.18. The molecule has 0 saturated heterocycles. The van der Waals surface area contributed by atoms with Crippen molar-refractivity contribution in [3.8, 4) is 0 Å². The molecule has 0 unspecified atom stereocenters. The van der Waals surface area contributed by atoms with Crippen LogP contribution in [0.4, 0.5) is 0 Å². The Hall–Kier alpha value is -1.32. The summed E-state index contributed by atoms with van der Waals surface area (Å²) in [6.07, 6.45) is 4.49. The van der Waals surface area contributed by atoms with Crippen LogP contribution in [0.15, 0.2) is 48.6 Å². The van der Waals surface area contributed by atoms with Gasteiger partial charge in [-0.05, 0) is 36.6 Å². The molecule has 0 saturated carbocycles. The first-order valence-corrected chi connectivity index (χ1v) is 6.41. The molecule has 0 spiro atoms. The molecule has 0 atom stereocenters. The van der Waals surface area contributed by atoms with Crippen LogP contribution in [0, 0.1) is 0 Å². The van der Waals surface area contributed by atoms with Gasteiger partial charge in [-0.25, -0.2) is 0 Å². The molecule has 0 N–H and O–H groups in total. The van der Waals surface area contributed by atoms with Gasteiger partial charge in [0.25, 0.3) is 0 Å². The summed E-state index contributed by atoms with van der Waals surface area (Å²) in [7, 11) is 0. The Balaban J connectivity index is 3.09. The van der Waals surface area contributed by atoms with Gasteiger partial charge in [0, 0.05) is 10.6 Å². The third kappa shape index (κ3) is 3.58. The SMILES string of the molecule is C=C/C=C(/C(=O)SC)C(=O)c1ccc(Cl)cc1. The summed E-state index contributed by atoms with van der Waals surface area (Å²) in [6, 6.07) is 6.41. The number of allylic oxidation sites excluding steroid dienone is 2. The van der Waals surface area contributed by atoms with Crippen molar-refractivity contribution in [1.82, 2.24) is 0 Å². The number of halogens is 1. The van der Waals surface area contributed by atoms with E-state index in [1.165, 1.54) is 12.2 Å². The van der Waals surface area contributed by atoms with Crippen molar-refractivity contribution in [1.29, 1.82) is 0 Å². The van der Waals surface area contributed by atoms with Gasteiger partial charge in [-0.1, -0.05) is 36.0 Å². The van der Waals surface area contributed by atoms with Gasteiger partial charge in [-0.15, -0.1) is 0 Å². The molecule has 17 heavy (non-hydrogen) atoms. The maximum Gasteiger partial charge on any atom is 0.223 e. The molecule has 0 radical (unpaired) electrons. The molecule has 0 aromatic heterocycles. The van der Waals surface area contributed by atoms with Gasteiger partial charge in [0.2, 0.25) is 5.12 Å². The summed E-state index contributed by atoms with van der Waals surface area (Å²) in [6.45, 7) is 3.50. The number of benzene rings is 1. The van der Waals surface area contributed by atoms with Gasteiger partial charge in [0.15, 0.2) is 5.78 Å². The van der Waals surface area contributed by atoms with E-state index in [9.17, 15) is 9.59 Å². The van der Waals surface area contributed by atoms with Crippen molar-refractivity contribution in [2.24, 2.45) is 0 Å². The van der Waals surface area contributed by atoms with Crippen molar-refractivity contribution in [3.05, 3.63) is 59.2 Å². The van der Waals surface area contributed by atoms with Gasteiger partial charge in [-0.2, -0.15) is 0 Å².